The molecule has 0 aliphatic rings. The van der Waals surface area contributed by atoms with Crippen molar-refractivity contribution in [1.29, 1.82) is 5.26 Å². The molecule has 0 amide bonds. The molecule has 0 saturated carbocycles. The Hall–Kier alpha value is -1.29. The predicted octanol–water partition coefficient (Wildman–Crippen LogP) is 2.44. The van der Waals surface area contributed by atoms with Gasteiger partial charge >= 0.3 is 0 Å². The fourth-order valence-electron chi connectivity index (χ4n) is 0.417. The number of hydrogen-bond donors (Lipinski definition) is 0. The van der Waals surface area contributed by atoms with Crippen LogP contribution in [0.2, 0.25) is 0 Å². The quantitative estimate of drug-likeness (QED) is 0.542. The minimum absolute atomic E-state index is 0.00512. The molecule has 52 valence electrons. The highest BCUT2D eigenvalue weighted by atomic mass is 14.2. The second-order valence-corrected chi connectivity index (χ2v) is 1.92. The smallest absolute Gasteiger partial charge is 0.0694 e. The first-order valence-corrected chi connectivity index (χ1v) is 3.16. The molecule has 0 aromatic heterocycles. The van der Waals surface area contributed by atoms with E-state index in [1.165, 1.54) is 0 Å². The Morgan fingerprint density at radius 2 is 2.10 bits per heavy atom. The zero-order chi connectivity index (χ0) is 7.82. The molecule has 0 heterocycles. The van der Waals surface area contributed by atoms with E-state index in [9.17, 15) is 0 Å². The van der Waals surface area contributed by atoms with Gasteiger partial charge in [0, 0.05) is 0 Å². The first-order chi connectivity index (χ1) is 4.81. The van der Waals surface area contributed by atoms with Gasteiger partial charge in [-0.15, -0.1) is 0 Å². The van der Waals surface area contributed by atoms with Crippen molar-refractivity contribution in [1.82, 2.24) is 0 Å². The summed E-state index contributed by atoms with van der Waals surface area (Å²) in [7, 11) is 0. The van der Waals surface area contributed by atoms with Crippen LogP contribution >= 0.6 is 0 Å². The van der Waals surface area contributed by atoms with Crippen LogP contribution in [-0.2, 0) is 0 Å². The monoisotopic (exact) mass is 133 g/mol. The molecule has 1 nitrogen and oxygen atoms in total. The van der Waals surface area contributed by atoms with E-state index in [4.69, 9.17) is 5.26 Å². The molecule has 1 heteroatoms. The topological polar surface area (TPSA) is 23.8 Å². The molecular formula is C9H11N. The molecule has 0 aromatic carbocycles. The van der Waals surface area contributed by atoms with E-state index in [2.05, 4.69) is 12.6 Å². The van der Waals surface area contributed by atoms with Gasteiger partial charge < -0.3 is 0 Å². The minimum Gasteiger partial charge on any atom is -0.198 e. The van der Waals surface area contributed by atoms with Crippen LogP contribution in [0.3, 0.4) is 0 Å². The Kier molecular flexibility index (Phi) is 5.09. The molecule has 0 aliphatic carbocycles. The van der Waals surface area contributed by atoms with Gasteiger partial charge in [0.2, 0.25) is 0 Å². The zero-order valence-corrected chi connectivity index (χ0v) is 6.12. The van der Waals surface area contributed by atoms with Crippen LogP contribution in [0, 0.1) is 17.2 Å². The lowest BCUT2D eigenvalue weighted by Crippen LogP contribution is -1.78. The summed E-state index contributed by atoms with van der Waals surface area (Å²) in [5.41, 5.74) is 0. The van der Waals surface area contributed by atoms with Gasteiger partial charge in [0.15, 0.2) is 0 Å². The third-order valence-electron chi connectivity index (χ3n) is 0.962. The summed E-state index contributed by atoms with van der Waals surface area (Å²) in [6.07, 6.45) is 9.04. The van der Waals surface area contributed by atoms with Crippen molar-refractivity contribution in [2.45, 2.75) is 6.92 Å². The maximum Gasteiger partial charge on any atom is 0.0694 e. The van der Waals surface area contributed by atoms with Gasteiger partial charge in [0.05, 0.1) is 12.0 Å². The molecule has 0 saturated heterocycles. The van der Waals surface area contributed by atoms with E-state index in [1.54, 1.807) is 6.08 Å². The van der Waals surface area contributed by atoms with E-state index < -0.39 is 0 Å². The largest absolute Gasteiger partial charge is 0.198 e. The van der Waals surface area contributed by atoms with Crippen molar-refractivity contribution in [3.05, 3.63) is 37.0 Å². The summed E-state index contributed by atoms with van der Waals surface area (Å²) in [5, 5.41) is 8.35. The summed E-state index contributed by atoms with van der Waals surface area (Å²) in [6.45, 7) is 5.36. The second-order valence-electron chi connectivity index (χ2n) is 1.92. The third kappa shape index (κ3) is 4.86. The van der Waals surface area contributed by atoms with Crippen molar-refractivity contribution in [3.63, 3.8) is 0 Å². The standard InChI is InChI=1S/C9H11N/c1-3-4-5-6-7-9(2)8-10/h3-7,9H,1H2,2H3. The van der Waals surface area contributed by atoms with E-state index in [1.807, 2.05) is 31.2 Å². The van der Waals surface area contributed by atoms with Crippen LogP contribution in [0.15, 0.2) is 37.0 Å². The second kappa shape index (κ2) is 5.84. The first kappa shape index (κ1) is 8.71. The molecule has 0 N–H and O–H groups in total. The highest BCUT2D eigenvalue weighted by molar-refractivity contribution is 5.11. The molecule has 0 aliphatic heterocycles. The van der Waals surface area contributed by atoms with Crippen molar-refractivity contribution in [3.8, 4) is 6.07 Å². The highest BCUT2D eigenvalue weighted by Gasteiger charge is 1.86. The van der Waals surface area contributed by atoms with E-state index in [0.717, 1.165) is 0 Å². The Morgan fingerprint density at radius 3 is 2.60 bits per heavy atom. The van der Waals surface area contributed by atoms with E-state index in [-0.39, 0.29) is 5.92 Å². The van der Waals surface area contributed by atoms with Crippen LogP contribution in [0.4, 0.5) is 0 Å². The molecule has 10 heavy (non-hydrogen) atoms. The average Bonchev–Trinajstić information content (AvgIpc) is 1.98. The summed E-state index contributed by atoms with van der Waals surface area (Å²) in [4.78, 5) is 0. The Bertz CT molecular complexity index is 181. The van der Waals surface area contributed by atoms with Crippen LogP contribution in [-0.4, -0.2) is 0 Å². The van der Waals surface area contributed by atoms with Gasteiger partial charge in [-0.1, -0.05) is 37.0 Å². The normalized spacial score (nSPS) is 13.6. The van der Waals surface area contributed by atoms with E-state index >= 15 is 0 Å². The third-order valence-corrected chi connectivity index (χ3v) is 0.962. The van der Waals surface area contributed by atoms with Crippen LogP contribution in [0.1, 0.15) is 6.92 Å². The van der Waals surface area contributed by atoms with Gasteiger partial charge in [0.25, 0.3) is 0 Å². The van der Waals surface area contributed by atoms with Crippen molar-refractivity contribution >= 4 is 0 Å². The molecule has 0 rings (SSSR count). The molecular weight excluding hydrogens is 122 g/mol. The predicted molar refractivity (Wildman–Crippen MR) is 43.3 cm³/mol. The SMILES string of the molecule is C=CC=CC=CC(C)C#N. The Balaban J connectivity index is 3.67. The first-order valence-electron chi connectivity index (χ1n) is 3.16. The number of rotatable bonds is 3. The van der Waals surface area contributed by atoms with Gasteiger partial charge in [-0.25, -0.2) is 0 Å². The lowest BCUT2D eigenvalue weighted by Gasteiger charge is -1.85. The number of hydrogen-bond acceptors (Lipinski definition) is 1. The summed E-state index contributed by atoms with van der Waals surface area (Å²) in [6, 6.07) is 2.10. The van der Waals surface area contributed by atoms with E-state index in [0.29, 0.717) is 0 Å². The summed E-state index contributed by atoms with van der Waals surface area (Å²) < 4.78 is 0. The lowest BCUT2D eigenvalue weighted by molar-refractivity contribution is 0.957. The van der Waals surface area contributed by atoms with Gasteiger partial charge in [-0.2, -0.15) is 5.26 Å². The fraction of sp³-hybridized carbons (Fsp3) is 0.222. The average molecular weight is 133 g/mol. The lowest BCUT2D eigenvalue weighted by atomic mass is 10.2. The summed E-state index contributed by atoms with van der Waals surface area (Å²) >= 11 is 0. The number of allylic oxidation sites excluding steroid dienone is 5. The van der Waals surface area contributed by atoms with Gasteiger partial charge in [-0.3, -0.25) is 0 Å². The van der Waals surface area contributed by atoms with Crippen LogP contribution < -0.4 is 0 Å². The molecule has 1 unspecified atom stereocenters. The minimum atomic E-state index is -0.00512. The zero-order valence-electron chi connectivity index (χ0n) is 6.12. The maximum atomic E-state index is 8.35. The van der Waals surface area contributed by atoms with Crippen LogP contribution in [0.5, 0.6) is 0 Å². The number of nitriles is 1. The molecule has 0 radical (unpaired) electrons. The molecule has 0 aromatic rings. The molecule has 0 fully saturated rings. The van der Waals surface area contributed by atoms with Crippen LogP contribution in [0.25, 0.3) is 0 Å². The Morgan fingerprint density at radius 1 is 1.40 bits per heavy atom. The summed E-state index contributed by atoms with van der Waals surface area (Å²) in [5.74, 6) is -0.00512. The fourth-order valence-corrected chi connectivity index (χ4v) is 0.417. The molecule has 0 spiro atoms. The van der Waals surface area contributed by atoms with Crippen molar-refractivity contribution in [2.24, 2.45) is 5.92 Å². The highest BCUT2D eigenvalue weighted by Crippen LogP contribution is 1.93. The Labute approximate surface area is 62.0 Å². The number of nitrogens with zero attached hydrogens (tertiary/aromatic N) is 1. The molecule has 1 atom stereocenters. The van der Waals surface area contributed by atoms with Gasteiger partial charge in [0.1, 0.15) is 0 Å². The van der Waals surface area contributed by atoms with Crippen molar-refractivity contribution < 1.29 is 0 Å². The van der Waals surface area contributed by atoms with Crippen molar-refractivity contribution in [2.75, 3.05) is 0 Å². The van der Waals surface area contributed by atoms with Gasteiger partial charge in [-0.05, 0) is 6.92 Å². The molecule has 0 bridgehead atoms. The maximum absolute atomic E-state index is 8.35.